The van der Waals surface area contributed by atoms with Crippen LogP contribution in [0.3, 0.4) is 0 Å². The summed E-state index contributed by atoms with van der Waals surface area (Å²) in [6.07, 6.45) is 0. The first-order chi connectivity index (χ1) is 6.91. The lowest BCUT2D eigenvalue weighted by Crippen LogP contribution is -2.05. The number of carbonyl (C=O) groups is 1. The number of aryl methyl sites for hydroxylation is 1. The summed E-state index contributed by atoms with van der Waals surface area (Å²) in [5.74, 6) is -0.208. The van der Waals surface area contributed by atoms with E-state index in [2.05, 4.69) is 20.7 Å². The molecule has 2 nitrogen and oxygen atoms in total. The third kappa shape index (κ3) is 2.99. The first kappa shape index (κ1) is 12.1. The highest BCUT2D eigenvalue weighted by Crippen LogP contribution is 2.30. The Kier molecular flexibility index (Phi) is 3.79. The minimum absolute atomic E-state index is 0.0270. The van der Waals surface area contributed by atoms with Gasteiger partial charge in [-0.05, 0) is 47.5 Å². The molecule has 0 bridgehead atoms. The van der Waals surface area contributed by atoms with Crippen LogP contribution in [0.2, 0.25) is 0 Å². The van der Waals surface area contributed by atoms with Gasteiger partial charge in [0.1, 0.15) is 5.75 Å². The van der Waals surface area contributed by atoms with Gasteiger partial charge in [0.2, 0.25) is 0 Å². The van der Waals surface area contributed by atoms with E-state index in [1.807, 2.05) is 0 Å². The maximum Gasteiger partial charge on any atom is 0.387 e. The van der Waals surface area contributed by atoms with Gasteiger partial charge in [0.05, 0.1) is 4.47 Å². The van der Waals surface area contributed by atoms with Gasteiger partial charge >= 0.3 is 6.61 Å². The second-order valence-electron chi connectivity index (χ2n) is 3.03. The molecule has 0 fully saturated rings. The Labute approximate surface area is 94.4 Å². The zero-order valence-electron chi connectivity index (χ0n) is 8.18. The van der Waals surface area contributed by atoms with Crippen molar-refractivity contribution in [2.75, 3.05) is 0 Å². The normalized spacial score (nSPS) is 10.5. The van der Waals surface area contributed by atoms with Crippen LogP contribution >= 0.6 is 15.9 Å². The van der Waals surface area contributed by atoms with E-state index < -0.39 is 6.61 Å². The monoisotopic (exact) mass is 278 g/mol. The van der Waals surface area contributed by atoms with E-state index in [4.69, 9.17) is 0 Å². The van der Waals surface area contributed by atoms with Crippen LogP contribution in [0.15, 0.2) is 16.6 Å². The molecule has 1 aromatic carbocycles. The summed E-state index contributed by atoms with van der Waals surface area (Å²) in [7, 11) is 0. The van der Waals surface area contributed by atoms with Crippen molar-refractivity contribution in [3.8, 4) is 5.75 Å². The van der Waals surface area contributed by atoms with Gasteiger partial charge in [-0.25, -0.2) is 0 Å². The van der Waals surface area contributed by atoms with Gasteiger partial charge in [0, 0.05) is 5.56 Å². The van der Waals surface area contributed by atoms with Crippen molar-refractivity contribution < 1.29 is 18.3 Å². The number of carbonyl (C=O) groups excluding carboxylic acids is 1. The summed E-state index contributed by atoms with van der Waals surface area (Å²) in [5, 5.41) is 0. The van der Waals surface area contributed by atoms with E-state index in [1.165, 1.54) is 13.0 Å². The van der Waals surface area contributed by atoms with Gasteiger partial charge < -0.3 is 4.74 Å². The Hall–Kier alpha value is -0.970. The molecule has 0 spiro atoms. The first-order valence-electron chi connectivity index (χ1n) is 4.17. The van der Waals surface area contributed by atoms with Crippen molar-refractivity contribution in [3.63, 3.8) is 0 Å². The molecule has 0 radical (unpaired) electrons. The topological polar surface area (TPSA) is 26.3 Å². The van der Waals surface area contributed by atoms with Crippen LogP contribution in [0.25, 0.3) is 0 Å². The maximum atomic E-state index is 12.0. The molecule has 5 heteroatoms. The van der Waals surface area contributed by atoms with E-state index in [9.17, 15) is 13.6 Å². The standard InChI is InChI=1S/C10H9BrF2O2/c1-5-3-8(11)9(15-10(12)13)4-7(5)6(2)14/h3-4,10H,1-2H3. The molecule has 82 valence electrons. The van der Waals surface area contributed by atoms with Crippen LogP contribution in [0.4, 0.5) is 8.78 Å². The number of rotatable bonds is 3. The number of hydrogen-bond donors (Lipinski definition) is 0. The van der Waals surface area contributed by atoms with Crippen molar-refractivity contribution in [3.05, 3.63) is 27.7 Å². The molecule has 0 heterocycles. The van der Waals surface area contributed by atoms with E-state index in [1.54, 1.807) is 13.0 Å². The highest BCUT2D eigenvalue weighted by Gasteiger charge is 2.13. The van der Waals surface area contributed by atoms with Crippen molar-refractivity contribution in [2.45, 2.75) is 20.5 Å². The summed E-state index contributed by atoms with van der Waals surface area (Å²) in [6.45, 7) is 0.208. The summed E-state index contributed by atoms with van der Waals surface area (Å²) >= 11 is 3.09. The Morgan fingerprint density at radius 2 is 2.07 bits per heavy atom. The van der Waals surface area contributed by atoms with E-state index in [0.717, 1.165) is 5.56 Å². The molecular formula is C10H9BrF2O2. The van der Waals surface area contributed by atoms with Crippen LogP contribution in [0.1, 0.15) is 22.8 Å². The lowest BCUT2D eigenvalue weighted by Gasteiger charge is -2.10. The average Bonchev–Trinajstić information content (AvgIpc) is 2.08. The molecule has 0 amide bonds. The van der Waals surface area contributed by atoms with Crippen LogP contribution in [-0.4, -0.2) is 12.4 Å². The van der Waals surface area contributed by atoms with E-state index >= 15 is 0 Å². The molecule has 0 aliphatic heterocycles. The minimum Gasteiger partial charge on any atom is -0.434 e. The molecular weight excluding hydrogens is 270 g/mol. The Bertz CT molecular complexity index is 391. The highest BCUT2D eigenvalue weighted by molar-refractivity contribution is 9.10. The fourth-order valence-corrected chi connectivity index (χ4v) is 1.77. The van der Waals surface area contributed by atoms with E-state index in [-0.39, 0.29) is 11.5 Å². The molecule has 0 aliphatic carbocycles. The number of Topliss-reactive ketones (excluding diaryl/α,β-unsaturated/α-hetero) is 1. The number of halogens is 3. The Morgan fingerprint density at radius 1 is 1.47 bits per heavy atom. The van der Waals surface area contributed by atoms with Crippen molar-refractivity contribution in [1.29, 1.82) is 0 Å². The van der Waals surface area contributed by atoms with Gasteiger partial charge in [0.15, 0.2) is 5.78 Å². The number of hydrogen-bond acceptors (Lipinski definition) is 2. The summed E-state index contributed by atoms with van der Waals surface area (Å²) in [6, 6.07) is 2.89. The number of benzene rings is 1. The SMILES string of the molecule is CC(=O)c1cc(OC(F)F)c(Br)cc1C. The smallest absolute Gasteiger partial charge is 0.387 e. The fraction of sp³-hybridized carbons (Fsp3) is 0.300. The molecule has 0 atom stereocenters. The largest absolute Gasteiger partial charge is 0.434 e. The lowest BCUT2D eigenvalue weighted by atomic mass is 10.1. The minimum atomic E-state index is -2.90. The lowest BCUT2D eigenvalue weighted by molar-refractivity contribution is -0.0504. The van der Waals surface area contributed by atoms with Gasteiger partial charge in [-0.15, -0.1) is 0 Å². The molecule has 0 aliphatic rings. The van der Waals surface area contributed by atoms with Crippen LogP contribution in [-0.2, 0) is 0 Å². The predicted molar refractivity (Wildman–Crippen MR) is 55.5 cm³/mol. The second kappa shape index (κ2) is 4.70. The van der Waals surface area contributed by atoms with Crippen LogP contribution < -0.4 is 4.74 Å². The van der Waals surface area contributed by atoms with Crippen molar-refractivity contribution in [1.82, 2.24) is 0 Å². The second-order valence-corrected chi connectivity index (χ2v) is 3.89. The first-order valence-corrected chi connectivity index (χ1v) is 4.97. The van der Waals surface area contributed by atoms with Crippen LogP contribution in [0, 0.1) is 6.92 Å². The summed E-state index contributed by atoms with van der Waals surface area (Å²) in [5.41, 5.74) is 1.10. The van der Waals surface area contributed by atoms with Gasteiger partial charge in [-0.1, -0.05) is 0 Å². The molecule has 1 rings (SSSR count). The van der Waals surface area contributed by atoms with Crippen molar-refractivity contribution >= 4 is 21.7 Å². The molecule has 0 unspecified atom stereocenters. The molecule has 15 heavy (non-hydrogen) atoms. The summed E-state index contributed by atoms with van der Waals surface area (Å²) in [4.78, 5) is 11.2. The molecule has 1 aromatic rings. The predicted octanol–water partition coefficient (Wildman–Crippen LogP) is 3.56. The molecule has 0 saturated heterocycles. The quantitative estimate of drug-likeness (QED) is 0.791. The molecule has 0 aromatic heterocycles. The number of alkyl halides is 2. The Balaban J connectivity index is 3.17. The van der Waals surface area contributed by atoms with Gasteiger partial charge in [0.25, 0.3) is 0 Å². The average molecular weight is 279 g/mol. The van der Waals surface area contributed by atoms with Crippen LogP contribution in [0.5, 0.6) is 5.75 Å². The van der Waals surface area contributed by atoms with Gasteiger partial charge in [-0.2, -0.15) is 8.78 Å². The third-order valence-corrected chi connectivity index (χ3v) is 2.49. The summed E-state index contributed by atoms with van der Waals surface area (Å²) < 4.78 is 28.7. The molecule has 0 N–H and O–H groups in total. The zero-order valence-corrected chi connectivity index (χ0v) is 9.77. The maximum absolute atomic E-state index is 12.0. The Morgan fingerprint density at radius 3 is 2.53 bits per heavy atom. The van der Waals surface area contributed by atoms with E-state index in [0.29, 0.717) is 10.0 Å². The van der Waals surface area contributed by atoms with Crippen molar-refractivity contribution in [2.24, 2.45) is 0 Å². The number of ether oxygens (including phenoxy) is 1. The number of ketones is 1. The third-order valence-electron chi connectivity index (χ3n) is 1.87. The zero-order chi connectivity index (χ0) is 11.6. The van der Waals surface area contributed by atoms with Gasteiger partial charge in [-0.3, -0.25) is 4.79 Å². The molecule has 0 saturated carbocycles. The highest BCUT2D eigenvalue weighted by atomic mass is 79.9. The fourth-order valence-electron chi connectivity index (χ4n) is 1.22.